The molecule has 0 spiro atoms. The topological polar surface area (TPSA) is 110 Å². The van der Waals surface area contributed by atoms with E-state index in [0.717, 1.165) is 11.0 Å². The third-order valence-electron chi connectivity index (χ3n) is 2.81. The molecule has 1 rings (SSSR count). The van der Waals surface area contributed by atoms with Crippen LogP contribution in [0.2, 0.25) is 0 Å². The lowest BCUT2D eigenvalue weighted by Gasteiger charge is -2.20. The molecule has 0 unspecified atom stereocenters. The van der Waals surface area contributed by atoms with Crippen molar-refractivity contribution < 1.29 is 24.4 Å². The third-order valence-corrected chi connectivity index (χ3v) is 2.81. The van der Waals surface area contributed by atoms with E-state index in [9.17, 15) is 19.7 Å². The highest BCUT2D eigenvalue weighted by Crippen LogP contribution is 2.28. The van der Waals surface area contributed by atoms with Crippen molar-refractivity contribution in [2.24, 2.45) is 0 Å². The Kier molecular flexibility index (Phi) is 6.30. The van der Waals surface area contributed by atoms with E-state index in [1.54, 1.807) is 6.92 Å². The summed E-state index contributed by atoms with van der Waals surface area (Å²) in [7, 11) is 0. The number of benzene rings is 1. The molecular weight excluding hydrogens is 292 g/mol. The van der Waals surface area contributed by atoms with Crippen LogP contribution < -0.4 is 4.74 Å². The Morgan fingerprint density at radius 2 is 2.05 bits per heavy atom. The van der Waals surface area contributed by atoms with E-state index in [2.05, 4.69) is 0 Å². The minimum Gasteiger partial charge on any atom is -0.487 e. The molecular formula is C14H18N2O6. The second-order valence-corrected chi connectivity index (χ2v) is 4.49. The van der Waals surface area contributed by atoms with Crippen molar-refractivity contribution in [3.05, 3.63) is 33.9 Å². The number of hydrogen-bond acceptors (Lipinski definition) is 5. The highest BCUT2D eigenvalue weighted by atomic mass is 16.6. The van der Waals surface area contributed by atoms with E-state index in [4.69, 9.17) is 9.84 Å². The summed E-state index contributed by atoms with van der Waals surface area (Å²) in [6, 6.07) is 3.85. The Morgan fingerprint density at radius 3 is 2.55 bits per heavy atom. The smallest absolute Gasteiger partial charge is 0.323 e. The quantitative estimate of drug-likeness (QED) is 0.580. The fourth-order valence-electron chi connectivity index (χ4n) is 1.94. The number of aliphatic carboxylic acids is 1. The number of carbonyl (C=O) groups is 2. The highest BCUT2D eigenvalue weighted by molar-refractivity contribution is 5.96. The van der Waals surface area contributed by atoms with E-state index in [1.807, 2.05) is 6.92 Å². The number of nitro groups is 1. The van der Waals surface area contributed by atoms with Gasteiger partial charge in [0.05, 0.1) is 11.5 Å². The average molecular weight is 310 g/mol. The summed E-state index contributed by atoms with van der Waals surface area (Å²) in [5.74, 6) is -1.62. The summed E-state index contributed by atoms with van der Waals surface area (Å²) in [5.41, 5.74) is -0.260. The molecule has 0 aromatic heterocycles. The van der Waals surface area contributed by atoms with Crippen LogP contribution in [-0.4, -0.2) is 46.5 Å². The van der Waals surface area contributed by atoms with Crippen molar-refractivity contribution >= 4 is 17.6 Å². The number of amides is 1. The zero-order chi connectivity index (χ0) is 16.7. The Bertz CT molecular complexity index is 572. The maximum absolute atomic E-state index is 12.3. The Labute approximate surface area is 127 Å². The maximum Gasteiger partial charge on any atom is 0.323 e. The lowest BCUT2D eigenvalue weighted by atomic mass is 10.1. The first-order chi connectivity index (χ1) is 10.4. The van der Waals surface area contributed by atoms with Gasteiger partial charge < -0.3 is 14.7 Å². The van der Waals surface area contributed by atoms with Gasteiger partial charge in [0.1, 0.15) is 6.54 Å². The minimum atomic E-state index is -1.14. The van der Waals surface area contributed by atoms with Gasteiger partial charge in [0.2, 0.25) is 0 Å². The first kappa shape index (κ1) is 17.4. The maximum atomic E-state index is 12.3. The van der Waals surface area contributed by atoms with Crippen LogP contribution in [-0.2, 0) is 4.79 Å². The lowest BCUT2D eigenvalue weighted by molar-refractivity contribution is -0.385. The van der Waals surface area contributed by atoms with Crippen molar-refractivity contribution in [3.8, 4) is 5.75 Å². The molecule has 0 aliphatic rings. The summed E-state index contributed by atoms with van der Waals surface area (Å²) in [6.07, 6.45) is 0.581. The van der Waals surface area contributed by atoms with Gasteiger partial charge in [0, 0.05) is 18.2 Å². The minimum absolute atomic E-state index is 0.0600. The predicted molar refractivity (Wildman–Crippen MR) is 78.1 cm³/mol. The lowest BCUT2D eigenvalue weighted by Crippen LogP contribution is -2.36. The normalized spacial score (nSPS) is 10.1. The summed E-state index contributed by atoms with van der Waals surface area (Å²) < 4.78 is 5.14. The Balaban J connectivity index is 3.13. The molecule has 0 saturated carbocycles. The largest absolute Gasteiger partial charge is 0.487 e. The third kappa shape index (κ3) is 4.44. The second kappa shape index (κ2) is 7.96. The molecule has 0 fully saturated rings. The van der Waals surface area contributed by atoms with E-state index >= 15 is 0 Å². The molecule has 1 N–H and O–H groups in total. The number of nitro benzene ring substituents is 1. The molecule has 1 aromatic carbocycles. The van der Waals surface area contributed by atoms with Gasteiger partial charge in [0.25, 0.3) is 5.91 Å². The van der Waals surface area contributed by atoms with Crippen molar-refractivity contribution in [2.75, 3.05) is 19.7 Å². The zero-order valence-electron chi connectivity index (χ0n) is 12.4. The van der Waals surface area contributed by atoms with Gasteiger partial charge in [-0.25, -0.2) is 0 Å². The van der Waals surface area contributed by atoms with Crippen LogP contribution in [0.1, 0.15) is 30.6 Å². The molecule has 0 heterocycles. The van der Waals surface area contributed by atoms with Crippen LogP contribution in [0.5, 0.6) is 5.75 Å². The van der Waals surface area contributed by atoms with E-state index < -0.39 is 23.3 Å². The standard InChI is InChI=1S/C14H18N2O6/c1-3-7-15(9-13(17)18)14(19)10-5-6-12(22-4-2)11(8-10)16(20)21/h5-6,8H,3-4,7,9H2,1-2H3,(H,17,18). The molecule has 0 atom stereocenters. The molecule has 0 saturated heterocycles. The van der Waals surface area contributed by atoms with Crippen LogP contribution in [0.25, 0.3) is 0 Å². The van der Waals surface area contributed by atoms with Crippen molar-refractivity contribution in [1.29, 1.82) is 0 Å². The van der Waals surface area contributed by atoms with Gasteiger partial charge in [0.15, 0.2) is 5.75 Å². The molecule has 0 bridgehead atoms. The van der Waals surface area contributed by atoms with Gasteiger partial charge in [-0.3, -0.25) is 19.7 Å². The van der Waals surface area contributed by atoms with Gasteiger partial charge >= 0.3 is 11.7 Å². The van der Waals surface area contributed by atoms with Crippen LogP contribution in [0.4, 0.5) is 5.69 Å². The number of nitrogens with zero attached hydrogens (tertiary/aromatic N) is 2. The van der Waals surface area contributed by atoms with E-state index in [-0.39, 0.29) is 30.2 Å². The van der Waals surface area contributed by atoms with Gasteiger partial charge in [-0.15, -0.1) is 0 Å². The Morgan fingerprint density at radius 1 is 1.36 bits per heavy atom. The number of carboxylic acid groups (broad SMARTS) is 1. The molecule has 8 nitrogen and oxygen atoms in total. The number of carboxylic acids is 1. The number of ether oxygens (including phenoxy) is 1. The molecule has 0 radical (unpaired) electrons. The molecule has 0 aliphatic carbocycles. The van der Waals surface area contributed by atoms with Crippen molar-refractivity contribution in [2.45, 2.75) is 20.3 Å². The summed E-state index contributed by atoms with van der Waals surface area (Å²) in [6.45, 7) is 3.57. The van der Waals surface area contributed by atoms with Gasteiger partial charge in [-0.05, 0) is 25.5 Å². The summed E-state index contributed by atoms with van der Waals surface area (Å²) >= 11 is 0. The molecule has 0 aliphatic heterocycles. The van der Waals surface area contributed by atoms with Crippen LogP contribution in [0.15, 0.2) is 18.2 Å². The second-order valence-electron chi connectivity index (χ2n) is 4.49. The average Bonchev–Trinajstić information content (AvgIpc) is 2.46. The van der Waals surface area contributed by atoms with Gasteiger partial charge in [-0.1, -0.05) is 6.92 Å². The highest BCUT2D eigenvalue weighted by Gasteiger charge is 2.22. The van der Waals surface area contributed by atoms with E-state index in [0.29, 0.717) is 6.42 Å². The fourth-order valence-corrected chi connectivity index (χ4v) is 1.94. The number of carbonyl (C=O) groups excluding carboxylic acids is 1. The van der Waals surface area contributed by atoms with Crippen molar-refractivity contribution in [3.63, 3.8) is 0 Å². The van der Waals surface area contributed by atoms with Crippen molar-refractivity contribution in [1.82, 2.24) is 4.90 Å². The predicted octanol–water partition coefficient (Wildman–Crippen LogP) is 1.93. The van der Waals surface area contributed by atoms with Crippen LogP contribution in [0.3, 0.4) is 0 Å². The molecule has 1 aromatic rings. The monoisotopic (exact) mass is 310 g/mol. The molecule has 120 valence electrons. The fraction of sp³-hybridized carbons (Fsp3) is 0.429. The number of rotatable bonds is 8. The van der Waals surface area contributed by atoms with Gasteiger partial charge in [-0.2, -0.15) is 0 Å². The molecule has 1 amide bonds. The summed E-state index contributed by atoms with van der Waals surface area (Å²) in [5, 5.41) is 19.9. The molecule has 8 heteroatoms. The Hall–Kier alpha value is -2.64. The first-order valence-corrected chi connectivity index (χ1v) is 6.83. The van der Waals surface area contributed by atoms with E-state index in [1.165, 1.54) is 12.1 Å². The number of hydrogen-bond donors (Lipinski definition) is 1. The summed E-state index contributed by atoms with van der Waals surface area (Å²) in [4.78, 5) is 34.7. The van der Waals surface area contributed by atoms with Crippen LogP contribution >= 0.6 is 0 Å². The van der Waals surface area contributed by atoms with Crippen LogP contribution in [0, 0.1) is 10.1 Å². The molecule has 22 heavy (non-hydrogen) atoms. The first-order valence-electron chi connectivity index (χ1n) is 6.83. The zero-order valence-corrected chi connectivity index (χ0v) is 12.4. The SMILES string of the molecule is CCCN(CC(=O)O)C(=O)c1ccc(OCC)c([N+](=O)[O-])c1.